The van der Waals surface area contributed by atoms with Gasteiger partial charge >= 0.3 is 5.97 Å². The van der Waals surface area contributed by atoms with Crippen LogP contribution in [-0.4, -0.2) is 10.9 Å². The lowest BCUT2D eigenvalue weighted by Crippen LogP contribution is -2.04. The first-order valence-corrected chi connectivity index (χ1v) is 6.69. The summed E-state index contributed by atoms with van der Waals surface area (Å²) in [6, 6.07) is 7.36. The molecule has 0 aliphatic carbocycles. The third-order valence-electron chi connectivity index (χ3n) is 2.26. The van der Waals surface area contributed by atoms with E-state index in [1.54, 1.807) is 6.08 Å². The Morgan fingerprint density at radius 3 is 2.80 bits per heavy atom. The first-order valence-electron chi connectivity index (χ1n) is 5.43. The maximum Gasteiger partial charge on any atom is 0.336 e. The van der Waals surface area contributed by atoms with Gasteiger partial charge in [-0.3, -0.25) is 10.1 Å². The topological polar surface area (TPSA) is 69.4 Å². The van der Waals surface area contributed by atoms with E-state index in [1.165, 1.54) is 29.5 Å². The van der Waals surface area contributed by atoms with E-state index in [2.05, 4.69) is 0 Å². The van der Waals surface area contributed by atoms with Crippen LogP contribution in [0.2, 0.25) is 5.02 Å². The number of non-ortho nitro benzene ring substituents is 1. The Morgan fingerprint density at radius 1 is 1.40 bits per heavy atom. The Labute approximate surface area is 123 Å². The molecule has 20 heavy (non-hydrogen) atoms. The molecule has 7 heteroatoms. The summed E-state index contributed by atoms with van der Waals surface area (Å²) in [5.74, 6) is -0.521. The molecule has 0 unspecified atom stereocenters. The lowest BCUT2D eigenvalue weighted by Gasteiger charge is -2.03. The van der Waals surface area contributed by atoms with Gasteiger partial charge in [0.15, 0.2) is 0 Å². The lowest BCUT2D eigenvalue weighted by molar-refractivity contribution is -0.384. The van der Waals surface area contributed by atoms with E-state index >= 15 is 0 Å². The second-order valence-electron chi connectivity index (χ2n) is 3.64. The molecule has 1 heterocycles. The van der Waals surface area contributed by atoms with Gasteiger partial charge < -0.3 is 4.74 Å². The second-order valence-corrected chi connectivity index (χ2v) is 5.03. The largest absolute Gasteiger partial charge is 0.422 e. The minimum atomic E-state index is -0.603. The van der Waals surface area contributed by atoms with Gasteiger partial charge in [-0.1, -0.05) is 17.7 Å². The molecule has 0 radical (unpaired) electrons. The first-order chi connectivity index (χ1) is 9.56. The van der Waals surface area contributed by atoms with E-state index in [-0.39, 0.29) is 16.5 Å². The van der Waals surface area contributed by atoms with E-state index in [0.29, 0.717) is 0 Å². The van der Waals surface area contributed by atoms with Gasteiger partial charge in [0.25, 0.3) is 5.69 Å². The van der Waals surface area contributed by atoms with Crippen LogP contribution >= 0.6 is 22.9 Å². The van der Waals surface area contributed by atoms with Crippen molar-refractivity contribution in [3.05, 3.63) is 61.8 Å². The highest BCUT2D eigenvalue weighted by atomic mass is 35.5. The number of benzene rings is 1. The number of hydrogen-bond donors (Lipinski definition) is 0. The van der Waals surface area contributed by atoms with Crippen LogP contribution in [0.1, 0.15) is 4.88 Å². The number of thiophene rings is 1. The molecule has 0 spiro atoms. The minimum absolute atomic E-state index is 0.0112. The summed E-state index contributed by atoms with van der Waals surface area (Å²) < 4.78 is 5.00. The number of carbonyl (C=O) groups excluding carboxylic acids is 1. The van der Waals surface area contributed by atoms with E-state index in [0.717, 1.165) is 10.9 Å². The van der Waals surface area contributed by atoms with Gasteiger partial charge in [0.2, 0.25) is 0 Å². The van der Waals surface area contributed by atoms with Crippen LogP contribution < -0.4 is 4.74 Å². The molecule has 0 saturated heterocycles. The zero-order valence-electron chi connectivity index (χ0n) is 9.99. The molecule has 0 aliphatic rings. The van der Waals surface area contributed by atoms with Gasteiger partial charge in [0, 0.05) is 23.1 Å². The standard InChI is InChI=1S/C13H8ClNO4S/c14-11-8-9(15(17)18)3-5-12(11)19-13(16)6-4-10-2-1-7-20-10/h1-8H. The van der Waals surface area contributed by atoms with Crippen molar-refractivity contribution in [1.29, 1.82) is 0 Å². The summed E-state index contributed by atoms with van der Waals surface area (Å²) in [5, 5.41) is 12.4. The molecule has 1 aromatic heterocycles. The maximum atomic E-state index is 11.6. The van der Waals surface area contributed by atoms with Gasteiger partial charge in [0.05, 0.1) is 9.95 Å². The fraction of sp³-hybridized carbons (Fsp3) is 0. The zero-order chi connectivity index (χ0) is 14.5. The second kappa shape index (κ2) is 6.31. The van der Waals surface area contributed by atoms with Crippen molar-refractivity contribution in [3.63, 3.8) is 0 Å². The van der Waals surface area contributed by atoms with Crippen molar-refractivity contribution in [1.82, 2.24) is 0 Å². The summed E-state index contributed by atoms with van der Waals surface area (Å²) in [6.07, 6.45) is 2.88. The van der Waals surface area contributed by atoms with E-state index in [4.69, 9.17) is 16.3 Å². The quantitative estimate of drug-likeness (QED) is 0.282. The summed E-state index contributed by atoms with van der Waals surface area (Å²) >= 11 is 7.30. The molecule has 0 atom stereocenters. The first kappa shape index (κ1) is 14.2. The fourth-order valence-corrected chi connectivity index (χ4v) is 2.20. The summed E-state index contributed by atoms with van der Waals surface area (Å²) in [5.41, 5.74) is -0.163. The number of nitrogens with zero attached hydrogens (tertiary/aromatic N) is 1. The third-order valence-corrected chi connectivity index (χ3v) is 3.40. The fourth-order valence-electron chi connectivity index (χ4n) is 1.36. The van der Waals surface area contributed by atoms with Gasteiger partial charge in [-0.25, -0.2) is 4.79 Å². The predicted octanol–water partition coefficient (Wildman–Crippen LogP) is 3.93. The van der Waals surface area contributed by atoms with Gasteiger partial charge in [-0.05, 0) is 23.6 Å². The van der Waals surface area contributed by atoms with Crippen LogP contribution in [0.4, 0.5) is 5.69 Å². The monoisotopic (exact) mass is 309 g/mol. The molecule has 0 N–H and O–H groups in total. The lowest BCUT2D eigenvalue weighted by atomic mass is 10.3. The highest BCUT2D eigenvalue weighted by Crippen LogP contribution is 2.28. The third kappa shape index (κ3) is 3.66. The number of halogens is 1. The number of nitro benzene ring substituents is 1. The molecule has 102 valence electrons. The minimum Gasteiger partial charge on any atom is -0.422 e. The predicted molar refractivity (Wildman–Crippen MR) is 77.1 cm³/mol. The van der Waals surface area contributed by atoms with Gasteiger partial charge in [0.1, 0.15) is 5.75 Å². The normalized spacial score (nSPS) is 10.7. The van der Waals surface area contributed by atoms with Crippen LogP contribution in [-0.2, 0) is 4.79 Å². The average Bonchev–Trinajstić information content (AvgIpc) is 2.91. The molecule has 0 bridgehead atoms. The average molecular weight is 310 g/mol. The molecule has 0 amide bonds. The number of esters is 1. The highest BCUT2D eigenvalue weighted by molar-refractivity contribution is 7.10. The number of nitro groups is 1. The molecule has 5 nitrogen and oxygen atoms in total. The molecule has 0 saturated carbocycles. The van der Waals surface area contributed by atoms with Crippen molar-refractivity contribution in [3.8, 4) is 5.75 Å². The Kier molecular flexibility index (Phi) is 4.49. The summed E-state index contributed by atoms with van der Waals surface area (Å²) in [6.45, 7) is 0. The summed E-state index contributed by atoms with van der Waals surface area (Å²) in [7, 11) is 0. The molecule has 2 rings (SSSR count). The van der Waals surface area contributed by atoms with Crippen molar-refractivity contribution in [2.75, 3.05) is 0 Å². The Bertz CT molecular complexity index is 667. The number of carbonyl (C=O) groups is 1. The van der Waals surface area contributed by atoms with E-state index in [9.17, 15) is 14.9 Å². The molecule has 2 aromatic rings. The highest BCUT2D eigenvalue weighted by Gasteiger charge is 2.12. The van der Waals surface area contributed by atoms with Crippen molar-refractivity contribution in [2.24, 2.45) is 0 Å². The van der Waals surface area contributed by atoms with Crippen LogP contribution in [0, 0.1) is 10.1 Å². The van der Waals surface area contributed by atoms with Crippen LogP contribution in [0.15, 0.2) is 41.8 Å². The van der Waals surface area contributed by atoms with E-state index in [1.807, 2.05) is 17.5 Å². The molecular formula is C13H8ClNO4S. The molecule has 1 aromatic carbocycles. The molecular weight excluding hydrogens is 302 g/mol. The zero-order valence-corrected chi connectivity index (χ0v) is 11.6. The van der Waals surface area contributed by atoms with Crippen LogP contribution in [0.25, 0.3) is 6.08 Å². The van der Waals surface area contributed by atoms with Crippen molar-refractivity contribution < 1.29 is 14.5 Å². The van der Waals surface area contributed by atoms with E-state index < -0.39 is 10.9 Å². The summed E-state index contributed by atoms with van der Waals surface area (Å²) in [4.78, 5) is 22.5. The van der Waals surface area contributed by atoms with Crippen molar-refractivity contribution >= 4 is 40.7 Å². The number of ether oxygens (including phenoxy) is 1. The van der Waals surface area contributed by atoms with Gasteiger partial charge in [-0.2, -0.15) is 0 Å². The SMILES string of the molecule is O=C(C=Cc1cccs1)Oc1ccc([N+](=O)[O-])cc1Cl. The molecule has 0 aliphatic heterocycles. The maximum absolute atomic E-state index is 11.6. The Morgan fingerprint density at radius 2 is 2.20 bits per heavy atom. The smallest absolute Gasteiger partial charge is 0.336 e. The van der Waals surface area contributed by atoms with Crippen molar-refractivity contribution in [2.45, 2.75) is 0 Å². The number of rotatable bonds is 4. The van der Waals surface area contributed by atoms with Crippen LogP contribution in [0.5, 0.6) is 5.75 Å². The molecule has 0 fully saturated rings. The Balaban J connectivity index is 2.06. The van der Waals surface area contributed by atoms with Crippen LogP contribution in [0.3, 0.4) is 0 Å². The number of hydrogen-bond acceptors (Lipinski definition) is 5. The Hall–Kier alpha value is -2.18. The van der Waals surface area contributed by atoms with Gasteiger partial charge in [-0.15, -0.1) is 11.3 Å².